The molecular weight excluding hydrogens is 983 g/mol. The van der Waals surface area contributed by atoms with Gasteiger partial charge in [-0.2, -0.15) is 0 Å². The van der Waals surface area contributed by atoms with E-state index in [2.05, 4.69) is 67.8 Å². The Bertz CT molecular complexity index is 1380. The van der Waals surface area contributed by atoms with Crippen LogP contribution in [0.15, 0.2) is 60.8 Å². The third-order valence-corrected chi connectivity index (χ3v) is 16.3. The summed E-state index contributed by atoms with van der Waals surface area (Å²) in [4.78, 5) is 24.6. The molecule has 0 aromatic heterocycles. The number of esters is 1. The van der Waals surface area contributed by atoms with Crippen molar-refractivity contribution in [3.8, 4) is 0 Å². The standard InChI is InChI=1S/C74H137NO5/c1-3-5-7-9-11-13-15-17-19-21-36-40-44-48-52-56-60-64-68-74(79)80-69-65-61-57-53-49-45-41-37-34-32-30-28-26-24-22-23-25-27-29-31-33-35-39-43-47-51-55-59-63-67-73(78)75-71(70-76)72(77)66-62-58-54-50-46-42-38-20-18-16-14-12-10-8-6-4-2/h13,15,19,21-22,24,28,30,62,66,71-72,76-77H,3-12,14,16-18,20,23,25-27,29,31-61,63-65,67-70H2,1-2H3,(H,75,78)/b15-13-,21-19-,24-22-,30-28-,66-62+. The van der Waals surface area contributed by atoms with Crippen molar-refractivity contribution >= 4 is 11.9 Å². The molecule has 0 heterocycles. The van der Waals surface area contributed by atoms with Crippen LogP contribution in [0.3, 0.4) is 0 Å². The predicted molar refractivity (Wildman–Crippen MR) is 352 cm³/mol. The second-order valence-corrected chi connectivity index (χ2v) is 24.2. The summed E-state index contributed by atoms with van der Waals surface area (Å²) in [5, 5.41) is 23.2. The van der Waals surface area contributed by atoms with Crippen LogP contribution in [0.4, 0.5) is 0 Å². The van der Waals surface area contributed by atoms with Crippen LogP contribution in [0.25, 0.3) is 0 Å². The molecule has 0 spiro atoms. The van der Waals surface area contributed by atoms with E-state index in [1.54, 1.807) is 6.08 Å². The van der Waals surface area contributed by atoms with Crippen LogP contribution in [0.5, 0.6) is 0 Å². The fourth-order valence-electron chi connectivity index (χ4n) is 10.8. The first-order valence-electron chi connectivity index (χ1n) is 35.6. The Morgan fingerprint density at radius 2 is 0.625 bits per heavy atom. The Kier molecular flexibility index (Phi) is 66.9. The van der Waals surface area contributed by atoms with E-state index in [1.807, 2.05) is 6.08 Å². The molecule has 2 atom stereocenters. The van der Waals surface area contributed by atoms with Crippen LogP contribution >= 0.6 is 0 Å². The molecule has 2 unspecified atom stereocenters. The predicted octanol–water partition coefficient (Wildman–Crippen LogP) is 23.0. The Balaban J connectivity index is 3.42. The number of unbranched alkanes of at least 4 members (excludes halogenated alkanes) is 47. The first-order valence-corrected chi connectivity index (χ1v) is 35.6. The summed E-state index contributed by atoms with van der Waals surface area (Å²) in [6.07, 6.45) is 91.5. The lowest BCUT2D eigenvalue weighted by atomic mass is 10.0. The lowest BCUT2D eigenvalue weighted by Crippen LogP contribution is -2.45. The average molecular weight is 1120 g/mol. The van der Waals surface area contributed by atoms with Crippen molar-refractivity contribution in [1.82, 2.24) is 5.32 Å². The van der Waals surface area contributed by atoms with Crippen LogP contribution in [0.1, 0.15) is 373 Å². The van der Waals surface area contributed by atoms with Crippen molar-refractivity contribution in [3.05, 3.63) is 60.8 Å². The zero-order valence-corrected chi connectivity index (χ0v) is 53.6. The first kappa shape index (κ1) is 77.6. The number of carbonyl (C=O) groups is 2. The third-order valence-electron chi connectivity index (χ3n) is 16.3. The van der Waals surface area contributed by atoms with E-state index >= 15 is 0 Å². The molecule has 1 amide bonds. The molecule has 0 aliphatic carbocycles. The largest absolute Gasteiger partial charge is 0.466 e. The number of aliphatic hydroxyl groups excluding tert-OH is 2. The maximum atomic E-state index is 12.5. The second kappa shape index (κ2) is 69.1. The maximum Gasteiger partial charge on any atom is 0.305 e. The zero-order valence-electron chi connectivity index (χ0n) is 53.6. The average Bonchev–Trinajstić information content (AvgIpc) is 3.46. The lowest BCUT2D eigenvalue weighted by Gasteiger charge is -2.20. The van der Waals surface area contributed by atoms with Gasteiger partial charge in [0.1, 0.15) is 0 Å². The monoisotopic (exact) mass is 1120 g/mol. The van der Waals surface area contributed by atoms with Gasteiger partial charge in [-0.3, -0.25) is 9.59 Å². The number of hydrogen-bond donors (Lipinski definition) is 3. The van der Waals surface area contributed by atoms with Gasteiger partial charge in [0.05, 0.1) is 25.4 Å². The van der Waals surface area contributed by atoms with Crippen LogP contribution in [0.2, 0.25) is 0 Å². The van der Waals surface area contributed by atoms with Crippen LogP contribution in [0, 0.1) is 0 Å². The van der Waals surface area contributed by atoms with Crippen molar-refractivity contribution in [2.45, 2.75) is 386 Å². The molecule has 0 saturated carbocycles. The highest BCUT2D eigenvalue weighted by Crippen LogP contribution is 2.18. The molecule has 468 valence electrons. The van der Waals surface area contributed by atoms with Gasteiger partial charge in [0.25, 0.3) is 0 Å². The minimum absolute atomic E-state index is 0.00422. The topological polar surface area (TPSA) is 95.9 Å². The van der Waals surface area contributed by atoms with E-state index < -0.39 is 12.1 Å². The minimum atomic E-state index is -0.846. The third kappa shape index (κ3) is 64.7. The summed E-state index contributed by atoms with van der Waals surface area (Å²) in [5.74, 6) is -0.0633. The summed E-state index contributed by atoms with van der Waals surface area (Å²) in [6, 6.07) is -0.630. The van der Waals surface area contributed by atoms with Crippen molar-refractivity contribution in [1.29, 1.82) is 0 Å². The number of rotatable bonds is 66. The SMILES string of the molecule is CCCCCC/C=C\C/C=C\CCCCCCCCCC(=O)OCCCCCCCCCCC/C=C\C/C=C\CCCCCCCCCCCCCCCC(=O)NC(CO)C(O)/C=C/CCCCCCCCCCCCCCCC. The van der Waals surface area contributed by atoms with Gasteiger partial charge in [-0.15, -0.1) is 0 Å². The number of nitrogens with one attached hydrogen (secondary N) is 1. The highest BCUT2D eigenvalue weighted by atomic mass is 16.5. The number of ether oxygens (including phenoxy) is 1. The van der Waals surface area contributed by atoms with Crippen molar-refractivity contribution in [3.63, 3.8) is 0 Å². The van der Waals surface area contributed by atoms with Gasteiger partial charge in [0.2, 0.25) is 5.91 Å². The fraction of sp³-hybridized carbons (Fsp3) is 0.838. The van der Waals surface area contributed by atoms with Gasteiger partial charge in [-0.1, -0.05) is 325 Å². The number of hydrogen-bond acceptors (Lipinski definition) is 5. The zero-order chi connectivity index (χ0) is 57.8. The smallest absolute Gasteiger partial charge is 0.305 e. The molecule has 0 fully saturated rings. The van der Waals surface area contributed by atoms with E-state index in [9.17, 15) is 19.8 Å². The first-order chi connectivity index (χ1) is 39.5. The lowest BCUT2D eigenvalue weighted by molar-refractivity contribution is -0.143. The van der Waals surface area contributed by atoms with E-state index in [-0.39, 0.29) is 18.5 Å². The highest BCUT2D eigenvalue weighted by molar-refractivity contribution is 5.76. The molecule has 6 nitrogen and oxygen atoms in total. The van der Waals surface area contributed by atoms with Gasteiger partial charge < -0.3 is 20.3 Å². The molecule has 0 bridgehead atoms. The van der Waals surface area contributed by atoms with Crippen LogP contribution in [-0.4, -0.2) is 47.4 Å². The Hall–Kier alpha value is -2.44. The van der Waals surface area contributed by atoms with E-state index in [0.717, 1.165) is 57.8 Å². The summed E-state index contributed by atoms with van der Waals surface area (Å²) < 4.78 is 5.50. The molecule has 0 aliphatic rings. The highest BCUT2D eigenvalue weighted by Gasteiger charge is 2.18. The number of carbonyl (C=O) groups excluding carboxylic acids is 2. The maximum absolute atomic E-state index is 12.5. The quantitative estimate of drug-likeness (QED) is 0.0320. The van der Waals surface area contributed by atoms with Crippen LogP contribution < -0.4 is 5.32 Å². The Labute approximate surface area is 499 Å². The van der Waals surface area contributed by atoms with Gasteiger partial charge in [0.15, 0.2) is 0 Å². The van der Waals surface area contributed by atoms with E-state index in [1.165, 1.54) is 289 Å². The van der Waals surface area contributed by atoms with Crippen molar-refractivity contribution in [2.24, 2.45) is 0 Å². The molecule has 0 radical (unpaired) electrons. The molecule has 0 rings (SSSR count). The van der Waals surface area contributed by atoms with E-state index in [4.69, 9.17) is 4.74 Å². The van der Waals surface area contributed by atoms with Gasteiger partial charge >= 0.3 is 5.97 Å². The molecule has 6 heteroatoms. The molecule has 0 aromatic rings. The normalized spacial score (nSPS) is 12.9. The fourth-order valence-corrected chi connectivity index (χ4v) is 10.8. The summed E-state index contributed by atoms with van der Waals surface area (Å²) in [6.45, 7) is 4.90. The summed E-state index contributed by atoms with van der Waals surface area (Å²) in [7, 11) is 0. The number of allylic oxidation sites excluding steroid dienone is 9. The summed E-state index contributed by atoms with van der Waals surface area (Å²) in [5.41, 5.74) is 0. The van der Waals surface area contributed by atoms with Gasteiger partial charge in [-0.25, -0.2) is 0 Å². The van der Waals surface area contributed by atoms with E-state index in [0.29, 0.717) is 19.4 Å². The van der Waals surface area contributed by atoms with Crippen molar-refractivity contribution < 1.29 is 24.5 Å². The van der Waals surface area contributed by atoms with Crippen LogP contribution in [-0.2, 0) is 14.3 Å². The Morgan fingerprint density at radius 1 is 0.350 bits per heavy atom. The molecular formula is C74H137NO5. The van der Waals surface area contributed by atoms with Gasteiger partial charge in [0, 0.05) is 12.8 Å². The molecule has 0 aromatic carbocycles. The molecule has 80 heavy (non-hydrogen) atoms. The molecule has 0 saturated heterocycles. The molecule has 0 aliphatic heterocycles. The number of amides is 1. The van der Waals surface area contributed by atoms with Crippen molar-refractivity contribution in [2.75, 3.05) is 13.2 Å². The number of aliphatic hydroxyl groups is 2. The minimum Gasteiger partial charge on any atom is -0.466 e. The summed E-state index contributed by atoms with van der Waals surface area (Å²) >= 11 is 0. The molecule has 3 N–H and O–H groups in total. The Morgan fingerprint density at radius 3 is 0.963 bits per heavy atom. The second-order valence-electron chi connectivity index (χ2n) is 24.2. The van der Waals surface area contributed by atoms with Gasteiger partial charge in [-0.05, 0) is 96.3 Å².